The molecule has 1 spiro atoms. The fourth-order valence-electron chi connectivity index (χ4n) is 6.41. The fraction of sp³-hybridized carbons (Fsp3) is 0.375. The van der Waals surface area contributed by atoms with Gasteiger partial charge in [0.25, 0.3) is 5.91 Å². The molecule has 0 radical (unpaired) electrons. The van der Waals surface area contributed by atoms with Crippen molar-refractivity contribution < 1.29 is 9.53 Å². The number of carbonyl (C=O) groups excluding carboxylic acids is 1. The lowest BCUT2D eigenvalue weighted by Gasteiger charge is -2.63. The van der Waals surface area contributed by atoms with Gasteiger partial charge in [0.2, 0.25) is 0 Å². The van der Waals surface area contributed by atoms with Gasteiger partial charge >= 0.3 is 0 Å². The number of likely N-dealkylation sites (tertiary alicyclic amines) is 1. The third-order valence-corrected chi connectivity index (χ3v) is 9.14. The van der Waals surface area contributed by atoms with E-state index in [9.17, 15) is 4.79 Å². The molecule has 1 amide bonds. The number of benzene rings is 3. The number of amides is 1. The van der Waals surface area contributed by atoms with Crippen molar-refractivity contribution in [2.45, 2.75) is 25.9 Å². The molecule has 3 aliphatic heterocycles. The van der Waals surface area contributed by atoms with Crippen LogP contribution in [0.5, 0.6) is 0 Å². The van der Waals surface area contributed by atoms with Crippen LogP contribution in [-0.4, -0.2) is 66.4 Å². The van der Waals surface area contributed by atoms with Crippen LogP contribution in [0.15, 0.2) is 66.7 Å². The van der Waals surface area contributed by atoms with Crippen molar-refractivity contribution in [2.75, 3.05) is 44.3 Å². The Morgan fingerprint density at radius 1 is 1.05 bits per heavy atom. The molecule has 3 aromatic carbocycles. The topological polar surface area (TPSA) is 73.5 Å². The Kier molecular flexibility index (Phi) is 6.33. The van der Waals surface area contributed by atoms with Gasteiger partial charge in [-0.2, -0.15) is 5.10 Å². The molecular formula is C32H34ClN5O2. The van der Waals surface area contributed by atoms with E-state index < -0.39 is 0 Å². The number of hydrogen-bond donors (Lipinski definition) is 2. The minimum Gasteiger partial charge on any atom is -0.378 e. The summed E-state index contributed by atoms with van der Waals surface area (Å²) in [6.07, 6.45) is 0. The Labute approximate surface area is 239 Å². The maximum absolute atomic E-state index is 13.4. The van der Waals surface area contributed by atoms with Gasteiger partial charge in [-0.15, -0.1) is 0 Å². The molecule has 3 aliphatic rings. The molecule has 4 aromatic rings. The SMILES string of the molecule is CC(C)[C@H](NC(=O)c1ccc2[nH]nc(-c3ccc(N4CC5(C4)CN(C4COC4)C5)cc3)c2c1)c1ccccc1Cl. The Morgan fingerprint density at radius 3 is 2.48 bits per heavy atom. The van der Waals surface area contributed by atoms with E-state index in [1.807, 2.05) is 42.5 Å². The number of aromatic nitrogens is 2. The van der Waals surface area contributed by atoms with Gasteiger partial charge in [0.15, 0.2) is 0 Å². The lowest BCUT2D eigenvalue weighted by atomic mass is 9.71. The van der Waals surface area contributed by atoms with E-state index >= 15 is 0 Å². The van der Waals surface area contributed by atoms with Crippen LogP contribution in [0.4, 0.5) is 5.69 Å². The van der Waals surface area contributed by atoms with Crippen LogP contribution in [0.25, 0.3) is 22.2 Å². The summed E-state index contributed by atoms with van der Waals surface area (Å²) in [6, 6.07) is 22.5. The molecule has 3 saturated heterocycles. The van der Waals surface area contributed by atoms with Gasteiger partial charge in [0, 0.05) is 58.8 Å². The molecule has 7 rings (SSSR count). The predicted molar refractivity (Wildman–Crippen MR) is 159 cm³/mol. The number of nitrogens with one attached hydrogen (secondary N) is 2. The minimum absolute atomic E-state index is 0.130. The van der Waals surface area contributed by atoms with Crippen LogP contribution >= 0.6 is 11.6 Å². The summed E-state index contributed by atoms with van der Waals surface area (Å²) in [5, 5.41) is 12.5. The number of rotatable bonds is 7. The number of hydrogen-bond acceptors (Lipinski definition) is 5. The quantitative estimate of drug-likeness (QED) is 0.314. The summed E-state index contributed by atoms with van der Waals surface area (Å²) >= 11 is 6.46. The van der Waals surface area contributed by atoms with E-state index in [2.05, 4.69) is 63.4 Å². The van der Waals surface area contributed by atoms with Crippen molar-refractivity contribution in [1.29, 1.82) is 0 Å². The highest BCUT2D eigenvalue weighted by Crippen LogP contribution is 2.43. The molecule has 3 fully saturated rings. The summed E-state index contributed by atoms with van der Waals surface area (Å²) in [6.45, 7) is 10.6. The first-order chi connectivity index (χ1) is 19.4. The molecule has 206 valence electrons. The van der Waals surface area contributed by atoms with Crippen LogP contribution in [0, 0.1) is 11.3 Å². The molecule has 0 bridgehead atoms. The first-order valence-corrected chi connectivity index (χ1v) is 14.5. The van der Waals surface area contributed by atoms with E-state index in [-0.39, 0.29) is 17.9 Å². The molecule has 1 atom stereocenters. The number of nitrogens with zero attached hydrogens (tertiary/aromatic N) is 3. The van der Waals surface area contributed by atoms with Gasteiger partial charge in [-0.25, -0.2) is 0 Å². The monoisotopic (exact) mass is 555 g/mol. The highest BCUT2D eigenvalue weighted by atomic mass is 35.5. The highest BCUT2D eigenvalue weighted by molar-refractivity contribution is 6.31. The van der Waals surface area contributed by atoms with Crippen LogP contribution in [0.2, 0.25) is 5.02 Å². The van der Waals surface area contributed by atoms with Gasteiger partial charge in [-0.05, 0) is 47.9 Å². The maximum Gasteiger partial charge on any atom is 0.251 e. The summed E-state index contributed by atoms with van der Waals surface area (Å²) in [7, 11) is 0. The van der Waals surface area contributed by atoms with Gasteiger partial charge in [0.1, 0.15) is 0 Å². The predicted octanol–water partition coefficient (Wildman–Crippen LogP) is 5.53. The van der Waals surface area contributed by atoms with Crippen molar-refractivity contribution in [3.63, 3.8) is 0 Å². The molecule has 4 heterocycles. The first kappa shape index (κ1) is 25.6. The van der Waals surface area contributed by atoms with Gasteiger partial charge in [-0.3, -0.25) is 14.8 Å². The van der Waals surface area contributed by atoms with Crippen LogP contribution in [0.1, 0.15) is 35.8 Å². The standard InChI is InChI=1S/C32H34ClN5O2/c1-20(2)29(25-5-3-4-6-27(25)33)34-31(39)22-9-12-28-26(13-22)30(36-35-28)21-7-10-23(11-8-21)37-16-32(17-37)18-38(19-32)24-14-40-15-24/h3-13,20,24,29H,14-19H2,1-2H3,(H,34,39)(H,35,36)/t29-/m0/s1. The van der Waals surface area contributed by atoms with Crippen LogP contribution < -0.4 is 10.2 Å². The second-order valence-electron chi connectivity index (χ2n) is 12.0. The Morgan fingerprint density at radius 2 is 1.80 bits per heavy atom. The van der Waals surface area contributed by atoms with E-state index in [1.54, 1.807) is 0 Å². The number of fused-ring (bicyclic) bond motifs is 1. The number of aromatic amines is 1. The van der Waals surface area contributed by atoms with Crippen LogP contribution in [-0.2, 0) is 4.74 Å². The van der Waals surface area contributed by atoms with Crippen molar-refractivity contribution >= 4 is 34.1 Å². The number of H-pyrrole nitrogens is 1. The van der Waals surface area contributed by atoms with E-state index in [1.165, 1.54) is 18.8 Å². The summed E-state index contributed by atoms with van der Waals surface area (Å²) in [4.78, 5) is 18.4. The zero-order valence-electron chi connectivity index (χ0n) is 22.9. The van der Waals surface area contributed by atoms with Crippen molar-refractivity contribution in [3.8, 4) is 11.3 Å². The average Bonchev–Trinajstić information content (AvgIpc) is 3.30. The molecule has 0 unspecified atom stereocenters. The number of anilines is 1. The Balaban J connectivity index is 1.06. The second kappa shape index (κ2) is 9.91. The zero-order valence-corrected chi connectivity index (χ0v) is 23.6. The molecular weight excluding hydrogens is 522 g/mol. The van der Waals surface area contributed by atoms with Crippen LogP contribution in [0.3, 0.4) is 0 Å². The molecule has 0 saturated carbocycles. The van der Waals surface area contributed by atoms with Crippen molar-refractivity contribution in [2.24, 2.45) is 11.3 Å². The van der Waals surface area contributed by atoms with Crippen molar-refractivity contribution in [1.82, 2.24) is 20.4 Å². The largest absolute Gasteiger partial charge is 0.378 e. The lowest BCUT2D eigenvalue weighted by Crippen LogP contribution is -2.75. The first-order valence-electron chi connectivity index (χ1n) is 14.1. The van der Waals surface area contributed by atoms with E-state index in [0.29, 0.717) is 22.0 Å². The average molecular weight is 556 g/mol. The Hall–Kier alpha value is -3.39. The normalized spacial score (nSPS) is 19.4. The lowest BCUT2D eigenvalue weighted by molar-refractivity contribution is -0.137. The number of ether oxygens (including phenoxy) is 1. The summed E-state index contributed by atoms with van der Waals surface area (Å²) in [5.41, 5.74) is 6.01. The third kappa shape index (κ3) is 4.46. The molecule has 7 nitrogen and oxygen atoms in total. The van der Waals surface area contributed by atoms with Gasteiger partial charge in [-0.1, -0.05) is 55.8 Å². The maximum atomic E-state index is 13.4. The fourth-order valence-corrected chi connectivity index (χ4v) is 6.67. The smallest absolute Gasteiger partial charge is 0.251 e. The summed E-state index contributed by atoms with van der Waals surface area (Å²) in [5.74, 6) is 0.0477. The zero-order chi connectivity index (χ0) is 27.4. The molecule has 1 aromatic heterocycles. The van der Waals surface area contributed by atoms with E-state index in [4.69, 9.17) is 16.3 Å². The molecule has 0 aliphatic carbocycles. The molecule has 8 heteroatoms. The third-order valence-electron chi connectivity index (χ3n) is 8.79. The van der Waals surface area contributed by atoms with E-state index in [0.717, 1.165) is 54.0 Å². The van der Waals surface area contributed by atoms with Crippen molar-refractivity contribution in [3.05, 3.63) is 82.9 Å². The minimum atomic E-state index is -0.191. The Bertz CT molecular complexity index is 1550. The van der Waals surface area contributed by atoms with Gasteiger partial charge < -0.3 is 15.0 Å². The number of carbonyl (C=O) groups is 1. The summed E-state index contributed by atoms with van der Waals surface area (Å²) < 4.78 is 5.35. The number of halogens is 1. The second-order valence-corrected chi connectivity index (χ2v) is 12.5. The highest BCUT2D eigenvalue weighted by Gasteiger charge is 2.54. The van der Waals surface area contributed by atoms with Gasteiger partial charge in [0.05, 0.1) is 36.5 Å². The molecule has 40 heavy (non-hydrogen) atoms. The molecule has 2 N–H and O–H groups in total.